The molecule has 0 saturated carbocycles. The number of hydrogen-bond donors (Lipinski definition) is 1. The highest BCUT2D eigenvalue weighted by Gasteiger charge is 2.29. The van der Waals surface area contributed by atoms with Crippen molar-refractivity contribution in [3.05, 3.63) is 34.1 Å². The van der Waals surface area contributed by atoms with Gasteiger partial charge in [-0.15, -0.1) is 0 Å². The third kappa shape index (κ3) is 2.43. The Bertz CT molecular complexity index is 449. The van der Waals surface area contributed by atoms with Crippen LogP contribution in [0.25, 0.3) is 0 Å². The van der Waals surface area contributed by atoms with E-state index in [0.29, 0.717) is 5.69 Å². The number of anilines is 1. The summed E-state index contributed by atoms with van der Waals surface area (Å²) >= 11 is 0. The van der Waals surface area contributed by atoms with Gasteiger partial charge in [0.1, 0.15) is 11.5 Å². The lowest BCUT2D eigenvalue weighted by Gasteiger charge is -2.39. The third-order valence-electron chi connectivity index (χ3n) is 3.11. The van der Waals surface area contributed by atoms with Crippen LogP contribution >= 0.6 is 0 Å². The Morgan fingerprint density at radius 2 is 2.28 bits per heavy atom. The molecule has 0 aliphatic carbocycles. The predicted molar refractivity (Wildman–Crippen MR) is 67.3 cm³/mol. The van der Waals surface area contributed by atoms with Crippen LogP contribution in [-0.4, -0.2) is 30.6 Å². The molecule has 1 aliphatic rings. The molecule has 0 aromatic heterocycles. The molecule has 0 unspecified atom stereocenters. The molecular weight excluding hydrogens is 237 g/mol. The maximum atomic E-state index is 13.1. The topological polar surface area (TPSA) is 58.4 Å². The molecule has 1 aromatic carbocycles. The van der Waals surface area contributed by atoms with E-state index in [1.165, 1.54) is 12.1 Å². The Balaban J connectivity index is 2.36. The maximum Gasteiger partial charge on any atom is 0.295 e. The number of nitrogens with one attached hydrogen (secondary N) is 1. The fourth-order valence-corrected chi connectivity index (χ4v) is 2.12. The zero-order valence-electron chi connectivity index (χ0n) is 10.2. The number of hydrogen-bond acceptors (Lipinski definition) is 4. The smallest absolute Gasteiger partial charge is 0.295 e. The Hall–Kier alpha value is -1.69. The lowest BCUT2D eigenvalue weighted by molar-refractivity contribution is -0.384. The first-order valence-electron chi connectivity index (χ1n) is 6.04. The Labute approximate surface area is 105 Å². The van der Waals surface area contributed by atoms with E-state index in [9.17, 15) is 14.5 Å². The molecule has 2 rings (SSSR count). The van der Waals surface area contributed by atoms with Crippen molar-refractivity contribution in [1.29, 1.82) is 0 Å². The zero-order chi connectivity index (χ0) is 13.1. The molecule has 1 saturated heterocycles. The summed E-state index contributed by atoms with van der Waals surface area (Å²) in [7, 11) is 0. The first kappa shape index (κ1) is 12.8. The van der Waals surface area contributed by atoms with Crippen molar-refractivity contribution in [2.24, 2.45) is 0 Å². The van der Waals surface area contributed by atoms with Crippen LogP contribution in [0.3, 0.4) is 0 Å². The van der Waals surface area contributed by atoms with Crippen LogP contribution in [0.2, 0.25) is 0 Å². The van der Waals surface area contributed by atoms with Gasteiger partial charge in [0, 0.05) is 19.6 Å². The van der Waals surface area contributed by atoms with Gasteiger partial charge in [0.2, 0.25) is 0 Å². The second kappa shape index (κ2) is 5.30. The van der Waals surface area contributed by atoms with Gasteiger partial charge in [-0.05, 0) is 18.6 Å². The molecule has 1 heterocycles. The van der Waals surface area contributed by atoms with Crippen LogP contribution in [0, 0.1) is 15.9 Å². The van der Waals surface area contributed by atoms with Crippen molar-refractivity contribution in [1.82, 2.24) is 5.32 Å². The minimum atomic E-state index is -0.575. The first-order chi connectivity index (χ1) is 8.63. The standard InChI is InChI=1S/C12H16FN3O2/c1-2-5-15(10-7-14-8-10)11-4-3-9(13)6-12(11)16(17)18/h3-4,6,10,14H,2,5,7-8H2,1H3. The molecule has 0 spiro atoms. The fourth-order valence-electron chi connectivity index (χ4n) is 2.12. The monoisotopic (exact) mass is 253 g/mol. The summed E-state index contributed by atoms with van der Waals surface area (Å²) in [5, 5.41) is 14.2. The number of benzene rings is 1. The second-order valence-corrected chi connectivity index (χ2v) is 4.40. The number of halogens is 1. The van der Waals surface area contributed by atoms with Crippen molar-refractivity contribution < 1.29 is 9.31 Å². The molecule has 0 bridgehead atoms. The summed E-state index contributed by atoms with van der Waals surface area (Å²) in [6.07, 6.45) is 0.894. The van der Waals surface area contributed by atoms with Crippen molar-refractivity contribution >= 4 is 11.4 Å². The van der Waals surface area contributed by atoms with Crippen LogP contribution in [-0.2, 0) is 0 Å². The summed E-state index contributed by atoms with van der Waals surface area (Å²) in [6.45, 7) is 4.39. The third-order valence-corrected chi connectivity index (χ3v) is 3.11. The van der Waals surface area contributed by atoms with Crippen molar-refractivity contribution in [3.8, 4) is 0 Å². The molecule has 98 valence electrons. The van der Waals surface area contributed by atoms with Gasteiger partial charge in [-0.3, -0.25) is 10.1 Å². The molecular formula is C12H16FN3O2. The van der Waals surface area contributed by atoms with Gasteiger partial charge in [0.05, 0.1) is 17.0 Å². The lowest BCUT2D eigenvalue weighted by Crippen LogP contribution is -2.57. The summed E-state index contributed by atoms with van der Waals surface area (Å²) in [5.41, 5.74) is 0.352. The molecule has 0 atom stereocenters. The average molecular weight is 253 g/mol. The minimum absolute atomic E-state index is 0.157. The highest BCUT2D eigenvalue weighted by Crippen LogP contribution is 2.31. The van der Waals surface area contributed by atoms with Gasteiger partial charge in [0.15, 0.2) is 0 Å². The first-order valence-corrected chi connectivity index (χ1v) is 6.04. The molecule has 6 heteroatoms. The van der Waals surface area contributed by atoms with E-state index < -0.39 is 10.7 Å². The molecule has 0 amide bonds. The van der Waals surface area contributed by atoms with Gasteiger partial charge in [-0.1, -0.05) is 6.92 Å². The molecule has 5 nitrogen and oxygen atoms in total. The number of nitro groups is 1. The largest absolute Gasteiger partial charge is 0.360 e. The van der Waals surface area contributed by atoms with E-state index in [0.717, 1.165) is 32.1 Å². The summed E-state index contributed by atoms with van der Waals surface area (Å²) < 4.78 is 13.1. The highest BCUT2D eigenvalue weighted by atomic mass is 19.1. The van der Waals surface area contributed by atoms with E-state index in [-0.39, 0.29) is 11.7 Å². The lowest BCUT2D eigenvalue weighted by atomic mass is 10.1. The molecule has 18 heavy (non-hydrogen) atoms. The number of nitro benzene ring substituents is 1. The second-order valence-electron chi connectivity index (χ2n) is 4.40. The molecule has 1 aromatic rings. The van der Waals surface area contributed by atoms with Gasteiger partial charge >= 0.3 is 0 Å². The molecule has 1 aliphatic heterocycles. The predicted octanol–water partition coefficient (Wildman–Crippen LogP) is 1.92. The quantitative estimate of drug-likeness (QED) is 0.643. The summed E-state index contributed by atoms with van der Waals surface area (Å²) in [5.74, 6) is -0.575. The van der Waals surface area contributed by atoms with Crippen LogP contribution in [0.1, 0.15) is 13.3 Å². The van der Waals surface area contributed by atoms with E-state index >= 15 is 0 Å². The van der Waals surface area contributed by atoms with E-state index in [4.69, 9.17) is 0 Å². The van der Waals surface area contributed by atoms with Crippen LogP contribution in [0.4, 0.5) is 15.8 Å². The highest BCUT2D eigenvalue weighted by molar-refractivity contribution is 5.64. The fraction of sp³-hybridized carbons (Fsp3) is 0.500. The van der Waals surface area contributed by atoms with Gasteiger partial charge < -0.3 is 10.2 Å². The minimum Gasteiger partial charge on any atom is -0.360 e. The Kier molecular flexibility index (Phi) is 3.76. The van der Waals surface area contributed by atoms with Gasteiger partial charge in [-0.2, -0.15) is 0 Å². The number of rotatable bonds is 5. The van der Waals surface area contributed by atoms with Crippen LogP contribution < -0.4 is 10.2 Å². The van der Waals surface area contributed by atoms with Crippen molar-refractivity contribution in [2.75, 3.05) is 24.5 Å². The van der Waals surface area contributed by atoms with Crippen LogP contribution in [0.15, 0.2) is 18.2 Å². The van der Waals surface area contributed by atoms with E-state index in [1.54, 1.807) is 0 Å². The SMILES string of the molecule is CCCN(c1ccc(F)cc1[N+](=O)[O-])C1CNC1. The Morgan fingerprint density at radius 1 is 1.56 bits per heavy atom. The number of nitrogens with zero attached hydrogens (tertiary/aromatic N) is 2. The molecule has 0 radical (unpaired) electrons. The molecule has 1 fully saturated rings. The van der Waals surface area contributed by atoms with E-state index in [1.807, 2.05) is 11.8 Å². The van der Waals surface area contributed by atoms with Crippen molar-refractivity contribution in [3.63, 3.8) is 0 Å². The zero-order valence-corrected chi connectivity index (χ0v) is 10.2. The summed E-state index contributed by atoms with van der Waals surface area (Å²) in [6, 6.07) is 4.02. The average Bonchev–Trinajstić information content (AvgIpc) is 2.26. The Morgan fingerprint density at radius 3 is 2.78 bits per heavy atom. The van der Waals surface area contributed by atoms with Gasteiger partial charge in [-0.25, -0.2) is 4.39 Å². The maximum absolute atomic E-state index is 13.1. The van der Waals surface area contributed by atoms with Crippen molar-refractivity contribution in [2.45, 2.75) is 19.4 Å². The van der Waals surface area contributed by atoms with Crippen LogP contribution in [0.5, 0.6) is 0 Å². The van der Waals surface area contributed by atoms with E-state index in [2.05, 4.69) is 5.32 Å². The normalized spacial score (nSPS) is 15.2. The summed E-state index contributed by atoms with van der Waals surface area (Å²) in [4.78, 5) is 12.5. The van der Waals surface area contributed by atoms with Gasteiger partial charge in [0.25, 0.3) is 5.69 Å². The molecule has 1 N–H and O–H groups in total.